The smallest absolute Gasteiger partial charge is 0.190 e. The first-order valence-corrected chi connectivity index (χ1v) is 6.54. The van der Waals surface area contributed by atoms with Crippen LogP contribution in [0.15, 0.2) is 12.1 Å². The molecule has 18 heavy (non-hydrogen) atoms. The molecule has 0 heterocycles. The normalized spacial score (nSPS) is 14.8. The average Bonchev–Trinajstić information content (AvgIpc) is 3.14. The maximum atomic E-state index is 13.7. The van der Waals surface area contributed by atoms with Gasteiger partial charge < -0.3 is 10.1 Å². The molecule has 1 aliphatic carbocycles. The van der Waals surface area contributed by atoms with Gasteiger partial charge in [-0.3, -0.25) is 0 Å². The number of ether oxygens (including phenoxy) is 1. The molecule has 0 atom stereocenters. The van der Waals surface area contributed by atoms with Gasteiger partial charge in [-0.2, -0.15) is 0 Å². The predicted octanol–water partition coefficient (Wildman–Crippen LogP) is 3.40. The first-order chi connectivity index (χ1) is 8.70. The van der Waals surface area contributed by atoms with Gasteiger partial charge in [0.15, 0.2) is 17.4 Å². The molecular formula is C14H19F2NO. The van der Waals surface area contributed by atoms with Crippen molar-refractivity contribution < 1.29 is 13.5 Å². The fourth-order valence-electron chi connectivity index (χ4n) is 1.72. The Kier molecular flexibility index (Phi) is 4.53. The van der Waals surface area contributed by atoms with Crippen molar-refractivity contribution in [3.05, 3.63) is 29.3 Å². The Balaban J connectivity index is 1.97. The van der Waals surface area contributed by atoms with Crippen LogP contribution in [0, 0.1) is 11.6 Å². The predicted molar refractivity (Wildman–Crippen MR) is 66.6 cm³/mol. The molecule has 2 nitrogen and oxygen atoms in total. The van der Waals surface area contributed by atoms with Gasteiger partial charge in [0.1, 0.15) is 0 Å². The Morgan fingerprint density at radius 2 is 1.94 bits per heavy atom. The summed E-state index contributed by atoms with van der Waals surface area (Å²) in [5.41, 5.74) is 0.625. The van der Waals surface area contributed by atoms with E-state index in [1.165, 1.54) is 12.1 Å². The van der Waals surface area contributed by atoms with Crippen LogP contribution in [0.2, 0.25) is 0 Å². The van der Waals surface area contributed by atoms with Gasteiger partial charge in [-0.1, -0.05) is 13.3 Å². The highest BCUT2D eigenvalue weighted by atomic mass is 19.1. The lowest BCUT2D eigenvalue weighted by Crippen LogP contribution is -2.15. The minimum absolute atomic E-state index is 0.251. The van der Waals surface area contributed by atoms with E-state index in [0.29, 0.717) is 24.8 Å². The standard InChI is InChI=1S/C14H19F2NO/c1-2-3-6-18-14-12(15)7-10(8-13(14)16)9-17-11-4-5-11/h7-8,11,17H,2-6,9H2,1H3. The summed E-state index contributed by atoms with van der Waals surface area (Å²) in [7, 11) is 0. The molecule has 1 aliphatic rings. The van der Waals surface area contributed by atoms with Crippen molar-refractivity contribution in [1.82, 2.24) is 5.32 Å². The minimum atomic E-state index is -0.612. The Labute approximate surface area is 106 Å². The van der Waals surface area contributed by atoms with E-state index in [9.17, 15) is 8.78 Å². The summed E-state index contributed by atoms with van der Waals surface area (Å²) in [6, 6.07) is 3.22. The summed E-state index contributed by atoms with van der Waals surface area (Å²) >= 11 is 0. The monoisotopic (exact) mass is 255 g/mol. The molecule has 100 valence electrons. The lowest BCUT2D eigenvalue weighted by Gasteiger charge is -2.10. The molecule has 0 radical (unpaired) electrons. The number of nitrogens with one attached hydrogen (secondary N) is 1. The van der Waals surface area contributed by atoms with Crippen LogP contribution in [0.4, 0.5) is 8.78 Å². The fourth-order valence-corrected chi connectivity index (χ4v) is 1.72. The highest BCUT2D eigenvalue weighted by molar-refractivity contribution is 5.31. The molecular weight excluding hydrogens is 236 g/mol. The van der Waals surface area contributed by atoms with Crippen LogP contribution in [0.5, 0.6) is 5.75 Å². The van der Waals surface area contributed by atoms with Gasteiger partial charge in [0.25, 0.3) is 0 Å². The van der Waals surface area contributed by atoms with Gasteiger partial charge >= 0.3 is 0 Å². The van der Waals surface area contributed by atoms with Crippen molar-refractivity contribution in [3.8, 4) is 5.75 Å². The van der Waals surface area contributed by atoms with Crippen molar-refractivity contribution in [1.29, 1.82) is 0 Å². The summed E-state index contributed by atoms with van der Waals surface area (Å²) in [4.78, 5) is 0. The van der Waals surface area contributed by atoms with Crippen molar-refractivity contribution in [2.75, 3.05) is 6.61 Å². The van der Waals surface area contributed by atoms with Gasteiger partial charge in [-0.05, 0) is 37.0 Å². The van der Waals surface area contributed by atoms with Crippen molar-refractivity contribution in [2.24, 2.45) is 0 Å². The highest BCUT2D eigenvalue weighted by Gasteiger charge is 2.20. The molecule has 1 aromatic carbocycles. The maximum Gasteiger partial charge on any atom is 0.190 e. The van der Waals surface area contributed by atoms with E-state index in [4.69, 9.17) is 4.74 Å². The lowest BCUT2D eigenvalue weighted by atomic mass is 10.2. The summed E-state index contributed by atoms with van der Waals surface area (Å²) in [5.74, 6) is -1.48. The Morgan fingerprint density at radius 1 is 1.28 bits per heavy atom. The third kappa shape index (κ3) is 3.67. The number of halogens is 2. The van der Waals surface area contributed by atoms with Gasteiger partial charge in [0.2, 0.25) is 0 Å². The Hall–Kier alpha value is -1.16. The van der Waals surface area contributed by atoms with E-state index in [1.54, 1.807) is 0 Å². The number of hydrogen-bond donors (Lipinski definition) is 1. The quantitative estimate of drug-likeness (QED) is 0.754. The van der Waals surface area contributed by atoms with Crippen LogP contribution >= 0.6 is 0 Å². The molecule has 0 amide bonds. The molecule has 0 saturated heterocycles. The van der Waals surface area contributed by atoms with Crippen LogP contribution in [0.1, 0.15) is 38.2 Å². The van der Waals surface area contributed by atoms with Crippen LogP contribution in [0.25, 0.3) is 0 Å². The molecule has 1 fully saturated rings. The molecule has 0 aliphatic heterocycles. The van der Waals surface area contributed by atoms with E-state index in [0.717, 1.165) is 25.7 Å². The van der Waals surface area contributed by atoms with Crippen molar-refractivity contribution in [3.63, 3.8) is 0 Å². The molecule has 1 aromatic rings. The van der Waals surface area contributed by atoms with Gasteiger partial charge in [-0.15, -0.1) is 0 Å². The van der Waals surface area contributed by atoms with Crippen LogP contribution in [-0.2, 0) is 6.54 Å². The first-order valence-electron chi connectivity index (χ1n) is 6.54. The van der Waals surface area contributed by atoms with E-state index >= 15 is 0 Å². The molecule has 4 heteroatoms. The molecule has 0 unspecified atom stereocenters. The van der Waals surface area contributed by atoms with Gasteiger partial charge in [-0.25, -0.2) is 8.78 Å². The van der Waals surface area contributed by atoms with E-state index < -0.39 is 11.6 Å². The number of benzene rings is 1. The van der Waals surface area contributed by atoms with Crippen LogP contribution in [-0.4, -0.2) is 12.6 Å². The second-order valence-electron chi connectivity index (χ2n) is 4.75. The Bertz CT molecular complexity index is 382. The number of unbranched alkanes of at least 4 members (excludes halogenated alkanes) is 1. The zero-order chi connectivity index (χ0) is 13.0. The third-order valence-electron chi connectivity index (χ3n) is 2.97. The fraction of sp³-hybridized carbons (Fsp3) is 0.571. The molecule has 0 spiro atoms. The topological polar surface area (TPSA) is 21.3 Å². The SMILES string of the molecule is CCCCOc1c(F)cc(CNC2CC2)cc1F. The summed E-state index contributed by atoms with van der Waals surface area (Å²) in [6.07, 6.45) is 4.04. The molecule has 0 aromatic heterocycles. The minimum Gasteiger partial charge on any atom is -0.488 e. The van der Waals surface area contributed by atoms with Crippen molar-refractivity contribution in [2.45, 2.75) is 45.2 Å². The summed E-state index contributed by atoms with van der Waals surface area (Å²) in [6.45, 7) is 2.86. The Morgan fingerprint density at radius 3 is 2.50 bits per heavy atom. The zero-order valence-electron chi connectivity index (χ0n) is 10.6. The second-order valence-corrected chi connectivity index (χ2v) is 4.75. The van der Waals surface area contributed by atoms with Gasteiger partial charge in [0.05, 0.1) is 6.61 Å². The lowest BCUT2D eigenvalue weighted by molar-refractivity contribution is 0.278. The summed E-state index contributed by atoms with van der Waals surface area (Å²) < 4.78 is 32.5. The van der Waals surface area contributed by atoms with E-state index in [1.807, 2.05) is 6.92 Å². The average molecular weight is 255 g/mol. The number of hydrogen-bond acceptors (Lipinski definition) is 2. The van der Waals surface area contributed by atoms with Crippen LogP contribution in [0.3, 0.4) is 0 Å². The third-order valence-corrected chi connectivity index (χ3v) is 2.97. The summed E-state index contributed by atoms with van der Waals surface area (Å²) in [5, 5.41) is 3.22. The first kappa shape index (κ1) is 13.3. The highest BCUT2D eigenvalue weighted by Crippen LogP contribution is 2.25. The van der Waals surface area contributed by atoms with Crippen molar-refractivity contribution >= 4 is 0 Å². The van der Waals surface area contributed by atoms with E-state index in [2.05, 4.69) is 5.32 Å². The number of rotatable bonds is 7. The van der Waals surface area contributed by atoms with E-state index in [-0.39, 0.29) is 5.75 Å². The van der Waals surface area contributed by atoms with Crippen LogP contribution < -0.4 is 10.1 Å². The zero-order valence-corrected chi connectivity index (χ0v) is 10.6. The molecule has 2 rings (SSSR count). The maximum absolute atomic E-state index is 13.7. The van der Waals surface area contributed by atoms with Gasteiger partial charge in [0, 0.05) is 12.6 Å². The second kappa shape index (κ2) is 6.14. The molecule has 1 saturated carbocycles. The molecule has 1 N–H and O–H groups in total. The largest absolute Gasteiger partial charge is 0.488 e. The molecule has 0 bridgehead atoms.